The Balaban J connectivity index is 2.65. The highest BCUT2D eigenvalue weighted by Crippen LogP contribution is 2.30. The summed E-state index contributed by atoms with van der Waals surface area (Å²) in [5.74, 6) is -0.727. The van der Waals surface area contributed by atoms with Crippen LogP contribution in [0.3, 0.4) is 0 Å². The van der Waals surface area contributed by atoms with E-state index in [-0.39, 0.29) is 0 Å². The molecule has 1 aromatic heterocycles. The van der Waals surface area contributed by atoms with Crippen molar-refractivity contribution in [3.05, 3.63) is 20.3 Å². The van der Waals surface area contributed by atoms with Crippen LogP contribution < -0.4 is 0 Å². The third-order valence-electron chi connectivity index (χ3n) is 2.59. The van der Waals surface area contributed by atoms with E-state index in [0.717, 1.165) is 10.2 Å². The van der Waals surface area contributed by atoms with Gasteiger partial charge in [-0.25, -0.2) is 0 Å². The van der Waals surface area contributed by atoms with Gasteiger partial charge in [0.05, 0.1) is 9.20 Å². The highest BCUT2D eigenvalue weighted by atomic mass is 79.9. The second-order valence-corrected chi connectivity index (χ2v) is 6.96. The van der Waals surface area contributed by atoms with Gasteiger partial charge in [-0.1, -0.05) is 0 Å². The average molecular weight is 291 g/mol. The Hall–Kier alpha value is -0.350. The van der Waals surface area contributed by atoms with E-state index in [0.29, 0.717) is 6.42 Å². The minimum Gasteiger partial charge on any atom is -0.481 e. The lowest BCUT2D eigenvalue weighted by atomic mass is 9.86. The summed E-state index contributed by atoms with van der Waals surface area (Å²) in [5, 5.41) is 8.99. The third-order valence-corrected chi connectivity index (χ3v) is 4.18. The maximum Gasteiger partial charge on any atom is 0.309 e. The van der Waals surface area contributed by atoms with E-state index >= 15 is 0 Å². The van der Waals surface area contributed by atoms with Crippen LogP contribution >= 0.6 is 27.3 Å². The Morgan fingerprint density at radius 1 is 1.60 bits per heavy atom. The van der Waals surface area contributed by atoms with Crippen molar-refractivity contribution in [2.45, 2.75) is 33.6 Å². The zero-order chi connectivity index (χ0) is 11.6. The van der Waals surface area contributed by atoms with E-state index in [4.69, 9.17) is 5.11 Å². The first-order chi connectivity index (χ1) is 6.83. The lowest BCUT2D eigenvalue weighted by Crippen LogP contribution is -2.24. The fraction of sp³-hybridized carbons (Fsp3) is 0.545. The number of carbonyl (C=O) groups is 1. The third kappa shape index (κ3) is 3.31. The van der Waals surface area contributed by atoms with E-state index < -0.39 is 11.4 Å². The first-order valence-electron chi connectivity index (χ1n) is 4.81. The van der Waals surface area contributed by atoms with Gasteiger partial charge in [0.25, 0.3) is 0 Å². The molecule has 4 heteroatoms. The number of aliphatic carboxylic acids is 1. The second kappa shape index (κ2) is 4.66. The molecule has 15 heavy (non-hydrogen) atoms. The van der Waals surface area contributed by atoms with Gasteiger partial charge in [-0.2, -0.15) is 0 Å². The van der Waals surface area contributed by atoms with Crippen molar-refractivity contribution in [1.82, 2.24) is 0 Å². The van der Waals surface area contributed by atoms with Crippen LogP contribution in [0.5, 0.6) is 0 Å². The molecule has 2 nitrogen and oxygen atoms in total. The first kappa shape index (κ1) is 12.7. The van der Waals surface area contributed by atoms with Gasteiger partial charge >= 0.3 is 5.97 Å². The zero-order valence-corrected chi connectivity index (χ0v) is 11.5. The highest BCUT2D eigenvalue weighted by Gasteiger charge is 2.26. The van der Waals surface area contributed by atoms with Crippen LogP contribution in [-0.2, 0) is 11.2 Å². The molecule has 1 rings (SSSR count). The lowest BCUT2D eigenvalue weighted by Gasteiger charge is -2.18. The summed E-state index contributed by atoms with van der Waals surface area (Å²) in [4.78, 5) is 12.2. The number of hydrogen-bond donors (Lipinski definition) is 1. The van der Waals surface area contributed by atoms with Crippen LogP contribution in [0.1, 0.15) is 30.7 Å². The van der Waals surface area contributed by atoms with Gasteiger partial charge in [-0.15, -0.1) is 11.3 Å². The maximum atomic E-state index is 10.9. The highest BCUT2D eigenvalue weighted by molar-refractivity contribution is 9.11. The van der Waals surface area contributed by atoms with Gasteiger partial charge in [0.1, 0.15) is 0 Å². The molecule has 0 saturated heterocycles. The second-order valence-electron chi connectivity index (χ2n) is 4.32. The van der Waals surface area contributed by atoms with Gasteiger partial charge < -0.3 is 5.11 Å². The van der Waals surface area contributed by atoms with E-state index in [2.05, 4.69) is 28.9 Å². The Labute approximate surface area is 102 Å². The molecule has 0 atom stereocenters. The number of rotatable bonds is 4. The van der Waals surface area contributed by atoms with E-state index in [1.165, 1.54) is 10.4 Å². The number of halogens is 1. The summed E-state index contributed by atoms with van der Waals surface area (Å²) in [6.45, 7) is 5.61. The monoisotopic (exact) mass is 290 g/mol. The number of carboxylic acids is 1. The van der Waals surface area contributed by atoms with E-state index in [1.807, 2.05) is 0 Å². The van der Waals surface area contributed by atoms with Crippen molar-refractivity contribution >= 4 is 33.2 Å². The molecule has 1 N–H and O–H groups in total. The molecule has 0 aliphatic heterocycles. The predicted octanol–water partition coefficient (Wildman–Crippen LogP) is 3.86. The topological polar surface area (TPSA) is 37.3 Å². The summed E-state index contributed by atoms with van der Waals surface area (Å²) in [7, 11) is 0. The molecule has 0 fully saturated rings. The SMILES string of the molecule is Cc1sc(Br)cc1CCC(C)(C)C(=O)O. The minimum absolute atomic E-state index is 0.638. The van der Waals surface area contributed by atoms with Crippen molar-refractivity contribution in [3.8, 4) is 0 Å². The summed E-state index contributed by atoms with van der Waals surface area (Å²) < 4.78 is 1.11. The van der Waals surface area contributed by atoms with Crippen molar-refractivity contribution in [2.75, 3.05) is 0 Å². The Bertz CT molecular complexity index is 369. The zero-order valence-electron chi connectivity index (χ0n) is 9.13. The molecule has 0 aliphatic carbocycles. The number of thiophene rings is 1. The van der Waals surface area contributed by atoms with Crippen molar-refractivity contribution in [1.29, 1.82) is 0 Å². The fourth-order valence-corrected chi connectivity index (χ4v) is 3.07. The first-order valence-corrected chi connectivity index (χ1v) is 6.42. The summed E-state index contributed by atoms with van der Waals surface area (Å²) in [6.07, 6.45) is 1.50. The number of hydrogen-bond acceptors (Lipinski definition) is 2. The van der Waals surface area contributed by atoms with Crippen molar-refractivity contribution in [2.24, 2.45) is 5.41 Å². The molecule has 1 aromatic rings. The Morgan fingerprint density at radius 2 is 2.20 bits per heavy atom. The van der Waals surface area contributed by atoms with Crippen LogP contribution in [0.25, 0.3) is 0 Å². The maximum absolute atomic E-state index is 10.9. The van der Waals surface area contributed by atoms with Gasteiger partial charge in [0, 0.05) is 4.88 Å². The molecule has 1 heterocycles. The molecule has 0 spiro atoms. The average Bonchev–Trinajstić information content (AvgIpc) is 2.41. The molecule has 0 amide bonds. The van der Waals surface area contributed by atoms with Crippen LogP contribution in [-0.4, -0.2) is 11.1 Å². The van der Waals surface area contributed by atoms with Crippen molar-refractivity contribution < 1.29 is 9.90 Å². The van der Waals surface area contributed by atoms with E-state index in [9.17, 15) is 4.79 Å². The normalized spacial score (nSPS) is 11.7. The van der Waals surface area contributed by atoms with Gasteiger partial charge in [-0.3, -0.25) is 4.79 Å². The summed E-state index contributed by atoms with van der Waals surface area (Å²) in [5.41, 5.74) is 0.613. The standard InChI is InChI=1S/C11H15BrO2S/c1-7-8(6-9(12)15-7)4-5-11(2,3)10(13)14/h6H,4-5H2,1-3H3,(H,13,14). The predicted molar refractivity (Wildman–Crippen MR) is 66.5 cm³/mol. The molecule has 0 bridgehead atoms. The largest absolute Gasteiger partial charge is 0.481 e. The molecule has 0 aliphatic rings. The Morgan fingerprint density at radius 3 is 2.60 bits per heavy atom. The Kier molecular flexibility index (Phi) is 3.95. The molecule has 0 radical (unpaired) electrons. The van der Waals surface area contributed by atoms with Crippen LogP contribution in [0.15, 0.2) is 9.85 Å². The lowest BCUT2D eigenvalue weighted by molar-refractivity contribution is -0.147. The minimum atomic E-state index is -0.727. The smallest absolute Gasteiger partial charge is 0.309 e. The van der Waals surface area contributed by atoms with Crippen LogP contribution in [0.4, 0.5) is 0 Å². The summed E-state index contributed by atoms with van der Waals surface area (Å²) in [6, 6.07) is 2.08. The van der Waals surface area contributed by atoms with E-state index in [1.54, 1.807) is 25.2 Å². The molecular weight excluding hydrogens is 276 g/mol. The molecular formula is C11H15BrO2S. The molecule has 0 unspecified atom stereocenters. The quantitative estimate of drug-likeness (QED) is 0.914. The van der Waals surface area contributed by atoms with Gasteiger partial charge in [0.15, 0.2) is 0 Å². The molecule has 84 valence electrons. The van der Waals surface area contributed by atoms with Gasteiger partial charge in [0.2, 0.25) is 0 Å². The number of aryl methyl sites for hydroxylation is 2. The summed E-state index contributed by atoms with van der Waals surface area (Å²) >= 11 is 5.13. The van der Waals surface area contributed by atoms with Crippen molar-refractivity contribution in [3.63, 3.8) is 0 Å². The molecule has 0 saturated carbocycles. The van der Waals surface area contributed by atoms with Crippen LogP contribution in [0.2, 0.25) is 0 Å². The van der Waals surface area contributed by atoms with Crippen LogP contribution in [0, 0.1) is 12.3 Å². The fourth-order valence-electron chi connectivity index (χ4n) is 1.28. The van der Waals surface area contributed by atoms with Gasteiger partial charge in [-0.05, 0) is 61.2 Å². The molecule has 0 aromatic carbocycles. The number of carboxylic acid groups (broad SMARTS) is 1.